The van der Waals surface area contributed by atoms with Crippen LogP contribution in [0.4, 0.5) is 10.5 Å². The summed E-state index contributed by atoms with van der Waals surface area (Å²) in [7, 11) is 1.72. The van der Waals surface area contributed by atoms with E-state index in [4.69, 9.17) is 4.42 Å². The number of carbonyl (C=O) groups is 2. The monoisotopic (exact) mass is 270 g/mol. The van der Waals surface area contributed by atoms with Crippen LogP contribution >= 0.6 is 0 Å². The van der Waals surface area contributed by atoms with Gasteiger partial charge in [-0.15, -0.1) is 0 Å². The molecule has 0 atom stereocenters. The Kier molecular flexibility index (Phi) is 3.02. The second-order valence-electron chi connectivity index (χ2n) is 4.75. The molecule has 0 bridgehead atoms. The number of amides is 2. The second kappa shape index (κ2) is 4.85. The average Bonchev–Trinajstić information content (AvgIpc) is 2.98. The number of benzene rings is 1. The van der Waals surface area contributed by atoms with E-state index < -0.39 is 0 Å². The number of nitrogens with zero attached hydrogens (tertiary/aromatic N) is 2. The van der Waals surface area contributed by atoms with Crippen LogP contribution in [0.1, 0.15) is 16.1 Å². The van der Waals surface area contributed by atoms with Crippen molar-refractivity contribution >= 4 is 17.5 Å². The molecule has 0 aliphatic carbocycles. The smallest absolute Gasteiger partial charge is 0.324 e. The Labute approximate surface area is 116 Å². The molecule has 102 valence electrons. The van der Waals surface area contributed by atoms with Crippen LogP contribution in [0.15, 0.2) is 47.1 Å². The zero-order valence-corrected chi connectivity index (χ0v) is 11.1. The molecule has 5 heteroatoms. The maximum Gasteiger partial charge on any atom is 0.324 e. The molecular weight excluding hydrogens is 256 g/mol. The van der Waals surface area contributed by atoms with Crippen LogP contribution in [0.25, 0.3) is 0 Å². The van der Waals surface area contributed by atoms with Crippen LogP contribution in [0, 0.1) is 0 Å². The van der Waals surface area contributed by atoms with Crippen molar-refractivity contribution in [1.29, 1.82) is 0 Å². The van der Waals surface area contributed by atoms with Gasteiger partial charge < -0.3 is 9.32 Å². The van der Waals surface area contributed by atoms with E-state index in [0.717, 1.165) is 11.3 Å². The first-order chi connectivity index (χ1) is 9.66. The van der Waals surface area contributed by atoms with Gasteiger partial charge in [0, 0.05) is 13.6 Å². The summed E-state index contributed by atoms with van der Waals surface area (Å²) in [5.41, 5.74) is 1.82. The highest BCUT2D eigenvalue weighted by Gasteiger charge is 2.29. The molecule has 0 N–H and O–H groups in total. The Bertz CT molecular complexity index is 649. The molecule has 3 rings (SSSR count). The zero-order valence-electron chi connectivity index (χ0n) is 11.1. The lowest BCUT2D eigenvalue weighted by Crippen LogP contribution is -2.47. The van der Waals surface area contributed by atoms with Crippen molar-refractivity contribution in [2.45, 2.75) is 6.54 Å². The predicted molar refractivity (Wildman–Crippen MR) is 73.7 cm³/mol. The van der Waals surface area contributed by atoms with Crippen LogP contribution in [-0.4, -0.2) is 30.3 Å². The molecular formula is C15H14N2O3. The summed E-state index contributed by atoms with van der Waals surface area (Å²) in [6, 6.07) is 10.7. The Morgan fingerprint density at radius 1 is 1.25 bits per heavy atom. The van der Waals surface area contributed by atoms with Crippen molar-refractivity contribution < 1.29 is 14.0 Å². The first-order valence-corrected chi connectivity index (χ1v) is 6.34. The number of rotatable bonds is 3. The SMILES string of the molecule is CN1Cc2ccccc2N(CC(=O)c2ccco2)C1=O. The third-order valence-electron chi connectivity index (χ3n) is 3.35. The predicted octanol–water partition coefficient (Wildman–Crippen LogP) is 2.53. The van der Waals surface area contributed by atoms with Crippen LogP contribution in [0.5, 0.6) is 0 Å². The lowest BCUT2D eigenvalue weighted by Gasteiger charge is -2.34. The van der Waals surface area contributed by atoms with Gasteiger partial charge in [0.1, 0.15) is 0 Å². The fourth-order valence-corrected chi connectivity index (χ4v) is 2.35. The molecule has 2 amide bonds. The molecule has 0 fully saturated rings. The van der Waals surface area contributed by atoms with Crippen LogP contribution in [0.3, 0.4) is 0 Å². The van der Waals surface area contributed by atoms with Gasteiger partial charge in [0.15, 0.2) is 5.76 Å². The van der Waals surface area contributed by atoms with Crippen molar-refractivity contribution in [1.82, 2.24) is 4.90 Å². The van der Waals surface area contributed by atoms with Gasteiger partial charge >= 0.3 is 6.03 Å². The van der Waals surface area contributed by atoms with E-state index in [1.807, 2.05) is 24.3 Å². The van der Waals surface area contributed by atoms with E-state index >= 15 is 0 Å². The Morgan fingerprint density at radius 3 is 2.80 bits per heavy atom. The molecule has 1 aromatic heterocycles. The number of para-hydroxylation sites is 1. The highest BCUT2D eigenvalue weighted by atomic mass is 16.3. The summed E-state index contributed by atoms with van der Waals surface area (Å²) in [4.78, 5) is 27.5. The molecule has 0 radical (unpaired) electrons. The van der Waals surface area contributed by atoms with E-state index in [-0.39, 0.29) is 24.1 Å². The van der Waals surface area contributed by atoms with Gasteiger partial charge in [0.05, 0.1) is 18.5 Å². The summed E-state index contributed by atoms with van der Waals surface area (Å²) < 4.78 is 5.09. The van der Waals surface area contributed by atoms with Crippen molar-refractivity contribution in [2.75, 3.05) is 18.5 Å². The van der Waals surface area contributed by atoms with Gasteiger partial charge in [-0.1, -0.05) is 18.2 Å². The molecule has 0 saturated carbocycles. The summed E-state index contributed by atoms with van der Waals surface area (Å²) in [6.07, 6.45) is 1.45. The minimum Gasteiger partial charge on any atom is -0.461 e. The summed E-state index contributed by atoms with van der Waals surface area (Å²) in [5, 5.41) is 0. The first-order valence-electron chi connectivity index (χ1n) is 6.34. The fraction of sp³-hybridized carbons (Fsp3) is 0.200. The Morgan fingerprint density at radius 2 is 2.05 bits per heavy atom. The fourth-order valence-electron chi connectivity index (χ4n) is 2.35. The number of Topliss-reactive ketones (excluding diaryl/α,β-unsaturated/α-hetero) is 1. The Hall–Kier alpha value is -2.56. The van der Waals surface area contributed by atoms with Crippen molar-refractivity contribution in [3.63, 3.8) is 0 Å². The largest absolute Gasteiger partial charge is 0.461 e. The van der Waals surface area contributed by atoms with E-state index in [0.29, 0.717) is 6.54 Å². The number of hydrogen-bond donors (Lipinski definition) is 0. The molecule has 1 aliphatic rings. The molecule has 2 aromatic rings. The van der Waals surface area contributed by atoms with Crippen LogP contribution < -0.4 is 4.90 Å². The standard InChI is InChI=1S/C15H14N2O3/c1-16-9-11-5-2-3-6-12(11)17(15(16)19)10-13(18)14-7-4-8-20-14/h2-8H,9-10H2,1H3. The van der Waals surface area contributed by atoms with Crippen molar-refractivity contribution in [3.05, 3.63) is 54.0 Å². The number of fused-ring (bicyclic) bond motifs is 1. The van der Waals surface area contributed by atoms with E-state index in [9.17, 15) is 9.59 Å². The number of urea groups is 1. The highest BCUT2D eigenvalue weighted by molar-refractivity contribution is 6.04. The van der Waals surface area contributed by atoms with Gasteiger partial charge in [-0.2, -0.15) is 0 Å². The lowest BCUT2D eigenvalue weighted by molar-refractivity contribution is 0.0971. The van der Waals surface area contributed by atoms with Gasteiger partial charge in [-0.3, -0.25) is 9.69 Å². The van der Waals surface area contributed by atoms with E-state index in [2.05, 4.69) is 0 Å². The molecule has 1 aliphatic heterocycles. The van der Waals surface area contributed by atoms with E-state index in [1.54, 1.807) is 24.1 Å². The highest BCUT2D eigenvalue weighted by Crippen LogP contribution is 2.27. The van der Waals surface area contributed by atoms with Gasteiger partial charge in [0.25, 0.3) is 0 Å². The average molecular weight is 270 g/mol. The minimum atomic E-state index is -0.214. The quantitative estimate of drug-likeness (QED) is 0.805. The number of ketones is 1. The lowest BCUT2D eigenvalue weighted by atomic mass is 10.1. The van der Waals surface area contributed by atoms with Gasteiger partial charge in [-0.05, 0) is 23.8 Å². The molecule has 20 heavy (non-hydrogen) atoms. The number of carbonyl (C=O) groups excluding carboxylic acids is 2. The molecule has 0 unspecified atom stereocenters. The molecule has 1 aromatic carbocycles. The normalized spacial score (nSPS) is 14.3. The number of furan rings is 1. The topological polar surface area (TPSA) is 53.8 Å². The maximum absolute atomic E-state index is 12.3. The first kappa shape index (κ1) is 12.5. The van der Waals surface area contributed by atoms with Crippen LogP contribution in [0.2, 0.25) is 0 Å². The van der Waals surface area contributed by atoms with Crippen LogP contribution in [-0.2, 0) is 6.54 Å². The number of anilines is 1. The van der Waals surface area contributed by atoms with Gasteiger partial charge in [0.2, 0.25) is 5.78 Å². The zero-order chi connectivity index (χ0) is 14.1. The molecule has 0 spiro atoms. The maximum atomic E-state index is 12.3. The molecule has 2 heterocycles. The summed E-state index contributed by atoms with van der Waals surface area (Å²) in [6.45, 7) is 0.536. The summed E-state index contributed by atoms with van der Waals surface area (Å²) >= 11 is 0. The minimum absolute atomic E-state index is 0.0201. The number of hydrogen-bond acceptors (Lipinski definition) is 3. The summed E-state index contributed by atoms with van der Waals surface area (Å²) in [5.74, 6) is 0.0527. The van der Waals surface area contributed by atoms with Gasteiger partial charge in [-0.25, -0.2) is 4.79 Å². The molecule has 0 saturated heterocycles. The second-order valence-corrected chi connectivity index (χ2v) is 4.75. The molecule has 5 nitrogen and oxygen atoms in total. The van der Waals surface area contributed by atoms with Crippen molar-refractivity contribution in [2.24, 2.45) is 0 Å². The third kappa shape index (κ3) is 2.07. The van der Waals surface area contributed by atoms with Crippen molar-refractivity contribution in [3.8, 4) is 0 Å². The Balaban J connectivity index is 1.91. The third-order valence-corrected chi connectivity index (χ3v) is 3.35. The van der Waals surface area contributed by atoms with E-state index in [1.165, 1.54) is 11.2 Å².